The zero-order valence-electron chi connectivity index (χ0n) is 16.6. The lowest BCUT2D eigenvalue weighted by molar-refractivity contribution is -0.129. The average Bonchev–Trinajstić information content (AvgIpc) is 3.41. The number of carbonyl (C=O) groups excluding carboxylic acids is 1. The van der Waals surface area contributed by atoms with Gasteiger partial charge in [-0.1, -0.05) is 53.4 Å². The zero-order chi connectivity index (χ0) is 21.2. The molecular formula is C22H20FN5OS2. The van der Waals surface area contributed by atoms with Crippen LogP contribution in [0.4, 0.5) is 9.52 Å². The summed E-state index contributed by atoms with van der Waals surface area (Å²) in [4.78, 5) is 18.2. The molecule has 0 bridgehead atoms. The number of rotatable bonds is 6. The molecule has 2 N–H and O–H groups in total. The Balaban J connectivity index is 1.15. The topological polar surface area (TPSA) is 73.9 Å². The lowest BCUT2D eigenvalue weighted by Crippen LogP contribution is -2.36. The number of aromatic nitrogens is 3. The Hall–Kier alpha value is -2.91. The van der Waals surface area contributed by atoms with Gasteiger partial charge in [0.2, 0.25) is 11.0 Å². The van der Waals surface area contributed by atoms with Gasteiger partial charge in [0, 0.05) is 48.2 Å². The first-order valence-electron chi connectivity index (χ1n) is 9.96. The molecule has 5 rings (SSSR count). The lowest BCUT2D eigenvalue weighted by atomic mass is 10.0. The summed E-state index contributed by atoms with van der Waals surface area (Å²) in [6, 6.07) is 14.6. The predicted octanol–water partition coefficient (Wildman–Crippen LogP) is 4.45. The first-order chi connectivity index (χ1) is 15.2. The summed E-state index contributed by atoms with van der Waals surface area (Å²) in [5, 5.41) is 13.4. The van der Waals surface area contributed by atoms with Crippen molar-refractivity contribution in [3.63, 3.8) is 0 Å². The second-order valence-electron chi connectivity index (χ2n) is 7.33. The van der Waals surface area contributed by atoms with Crippen molar-refractivity contribution in [1.82, 2.24) is 20.1 Å². The molecule has 6 nitrogen and oxygen atoms in total. The number of aromatic amines is 1. The molecule has 3 heterocycles. The maximum atomic E-state index is 13.0. The average molecular weight is 454 g/mol. The second kappa shape index (κ2) is 8.68. The lowest BCUT2D eigenvalue weighted by Gasteiger charge is -2.27. The zero-order valence-corrected chi connectivity index (χ0v) is 18.2. The van der Waals surface area contributed by atoms with Gasteiger partial charge in [0.05, 0.1) is 5.75 Å². The van der Waals surface area contributed by atoms with Gasteiger partial charge in [-0.15, -0.1) is 10.2 Å². The van der Waals surface area contributed by atoms with Crippen LogP contribution in [0.1, 0.15) is 16.8 Å². The second-order valence-corrected chi connectivity index (χ2v) is 9.53. The molecule has 2 aromatic carbocycles. The molecule has 1 amide bonds. The minimum atomic E-state index is -0.252. The van der Waals surface area contributed by atoms with E-state index in [2.05, 4.69) is 32.6 Å². The molecule has 0 saturated heterocycles. The first kappa shape index (κ1) is 20.0. The van der Waals surface area contributed by atoms with Gasteiger partial charge in [0.15, 0.2) is 4.34 Å². The molecular weight excluding hydrogens is 433 g/mol. The van der Waals surface area contributed by atoms with Crippen LogP contribution in [-0.2, 0) is 24.3 Å². The minimum absolute atomic E-state index is 0.108. The van der Waals surface area contributed by atoms with E-state index in [1.54, 1.807) is 12.1 Å². The van der Waals surface area contributed by atoms with Gasteiger partial charge < -0.3 is 15.2 Å². The van der Waals surface area contributed by atoms with E-state index in [1.807, 2.05) is 17.0 Å². The van der Waals surface area contributed by atoms with Crippen molar-refractivity contribution in [3.05, 3.63) is 71.2 Å². The maximum absolute atomic E-state index is 13.0. The van der Waals surface area contributed by atoms with Gasteiger partial charge in [-0.3, -0.25) is 4.79 Å². The van der Waals surface area contributed by atoms with Crippen molar-refractivity contribution in [2.45, 2.75) is 23.8 Å². The Morgan fingerprint density at radius 3 is 2.90 bits per heavy atom. The predicted molar refractivity (Wildman–Crippen MR) is 122 cm³/mol. The largest absolute Gasteiger partial charge is 0.358 e. The van der Waals surface area contributed by atoms with E-state index in [1.165, 1.54) is 51.9 Å². The molecule has 31 heavy (non-hydrogen) atoms. The number of anilines is 1. The van der Waals surface area contributed by atoms with Crippen molar-refractivity contribution in [2.75, 3.05) is 17.6 Å². The van der Waals surface area contributed by atoms with Crippen LogP contribution in [-0.4, -0.2) is 38.3 Å². The van der Waals surface area contributed by atoms with Gasteiger partial charge in [-0.25, -0.2) is 4.39 Å². The number of benzene rings is 2. The first-order valence-corrected chi connectivity index (χ1v) is 11.8. The summed E-state index contributed by atoms with van der Waals surface area (Å²) < 4.78 is 13.7. The summed E-state index contributed by atoms with van der Waals surface area (Å²) in [5.41, 5.74) is 4.55. The van der Waals surface area contributed by atoms with Crippen LogP contribution in [0.2, 0.25) is 0 Å². The van der Waals surface area contributed by atoms with Crippen LogP contribution in [0.5, 0.6) is 0 Å². The van der Waals surface area contributed by atoms with Crippen LogP contribution in [0.3, 0.4) is 0 Å². The number of fused-ring (bicyclic) bond motifs is 3. The number of thioether (sulfide) groups is 1. The minimum Gasteiger partial charge on any atom is -0.358 e. The van der Waals surface area contributed by atoms with E-state index in [0.29, 0.717) is 24.0 Å². The van der Waals surface area contributed by atoms with Crippen LogP contribution in [0.25, 0.3) is 10.9 Å². The number of nitrogens with one attached hydrogen (secondary N) is 2. The third-order valence-electron chi connectivity index (χ3n) is 5.32. The number of hydrogen-bond acceptors (Lipinski definition) is 6. The number of H-pyrrole nitrogens is 1. The van der Waals surface area contributed by atoms with E-state index in [-0.39, 0.29) is 11.7 Å². The molecule has 0 spiro atoms. The fourth-order valence-corrected chi connectivity index (χ4v) is 5.36. The highest BCUT2D eigenvalue weighted by atomic mass is 32.2. The Bertz CT molecular complexity index is 1220. The summed E-state index contributed by atoms with van der Waals surface area (Å²) in [6.45, 7) is 1.90. The Kier molecular flexibility index (Phi) is 5.61. The fraction of sp³-hybridized carbons (Fsp3) is 0.227. The van der Waals surface area contributed by atoms with Crippen LogP contribution >= 0.6 is 23.1 Å². The highest BCUT2D eigenvalue weighted by molar-refractivity contribution is 8.01. The maximum Gasteiger partial charge on any atom is 0.233 e. The molecule has 1 aliphatic rings. The van der Waals surface area contributed by atoms with Crippen molar-refractivity contribution in [2.24, 2.45) is 0 Å². The fourth-order valence-electron chi connectivity index (χ4n) is 3.71. The molecule has 0 fully saturated rings. The summed E-state index contributed by atoms with van der Waals surface area (Å²) in [5.74, 6) is 0.194. The van der Waals surface area contributed by atoms with Gasteiger partial charge in [-0.05, 0) is 23.8 Å². The summed E-state index contributed by atoms with van der Waals surface area (Å²) in [6.07, 6.45) is 0.844. The van der Waals surface area contributed by atoms with Gasteiger partial charge in [-0.2, -0.15) is 0 Å². The number of para-hydroxylation sites is 1. The van der Waals surface area contributed by atoms with E-state index < -0.39 is 0 Å². The Morgan fingerprint density at radius 2 is 2.03 bits per heavy atom. The van der Waals surface area contributed by atoms with Crippen molar-refractivity contribution < 1.29 is 9.18 Å². The van der Waals surface area contributed by atoms with Gasteiger partial charge >= 0.3 is 0 Å². The quantitative estimate of drug-likeness (QED) is 0.422. The molecule has 0 radical (unpaired) electrons. The number of nitrogens with zero attached hydrogens (tertiary/aromatic N) is 3. The monoisotopic (exact) mass is 453 g/mol. The van der Waals surface area contributed by atoms with Crippen LogP contribution in [0.15, 0.2) is 52.9 Å². The molecule has 4 aromatic rings. The van der Waals surface area contributed by atoms with E-state index in [9.17, 15) is 9.18 Å². The van der Waals surface area contributed by atoms with Crippen LogP contribution in [0, 0.1) is 5.82 Å². The third kappa shape index (κ3) is 4.42. The smallest absolute Gasteiger partial charge is 0.233 e. The molecule has 0 unspecified atom stereocenters. The SMILES string of the molecule is O=C(CSc1nnc(NCc2ccc(F)cc2)s1)N1CCc2[nH]c3ccccc3c2C1. The number of hydrogen-bond donors (Lipinski definition) is 2. The standard InChI is InChI=1S/C22H20FN5OS2/c23-15-7-5-14(6-8-15)11-24-21-26-27-22(31-21)30-13-20(29)28-10-9-19-17(12-28)16-3-1-2-4-18(16)25-19/h1-8,25H,9-13H2,(H,24,26). The Morgan fingerprint density at radius 1 is 1.19 bits per heavy atom. The number of carbonyl (C=O) groups is 1. The molecule has 2 aromatic heterocycles. The van der Waals surface area contributed by atoms with Crippen molar-refractivity contribution in [3.8, 4) is 0 Å². The normalized spacial score (nSPS) is 13.4. The molecule has 1 aliphatic heterocycles. The van der Waals surface area contributed by atoms with Gasteiger partial charge in [0.1, 0.15) is 5.82 Å². The van der Waals surface area contributed by atoms with Crippen molar-refractivity contribution >= 4 is 45.0 Å². The van der Waals surface area contributed by atoms with E-state index in [0.717, 1.165) is 28.4 Å². The van der Waals surface area contributed by atoms with Crippen LogP contribution < -0.4 is 5.32 Å². The van der Waals surface area contributed by atoms with Crippen molar-refractivity contribution in [1.29, 1.82) is 0 Å². The molecule has 0 atom stereocenters. The third-order valence-corrected chi connectivity index (χ3v) is 7.32. The highest BCUT2D eigenvalue weighted by Crippen LogP contribution is 2.29. The summed E-state index contributed by atoms with van der Waals surface area (Å²) in [7, 11) is 0. The van der Waals surface area contributed by atoms with Gasteiger partial charge in [0.25, 0.3) is 0 Å². The summed E-state index contributed by atoms with van der Waals surface area (Å²) >= 11 is 2.83. The van der Waals surface area contributed by atoms with E-state index in [4.69, 9.17) is 0 Å². The number of amides is 1. The highest BCUT2D eigenvalue weighted by Gasteiger charge is 2.24. The Labute approximate surface area is 186 Å². The molecule has 9 heteroatoms. The molecule has 0 aliphatic carbocycles. The van der Waals surface area contributed by atoms with E-state index >= 15 is 0 Å². The molecule has 158 valence electrons. The molecule has 0 saturated carbocycles. The number of halogens is 1.